The van der Waals surface area contributed by atoms with Crippen LogP contribution in [0.2, 0.25) is 0 Å². The summed E-state index contributed by atoms with van der Waals surface area (Å²) in [5.74, 6) is 0.501. The van der Waals surface area contributed by atoms with Gasteiger partial charge < -0.3 is 15.1 Å². The lowest BCUT2D eigenvalue weighted by atomic mass is 9.87. The molecule has 2 N–H and O–H groups in total. The van der Waals surface area contributed by atoms with Crippen molar-refractivity contribution in [3.05, 3.63) is 0 Å². The molecular weight excluding hydrogens is 130 g/mol. The summed E-state index contributed by atoms with van der Waals surface area (Å²) in [5.41, 5.74) is 0. The maximum absolute atomic E-state index is 8.78. The zero-order valence-electron chi connectivity index (χ0n) is 6.49. The van der Waals surface area contributed by atoms with Gasteiger partial charge in [0.1, 0.15) is 0 Å². The SMILES string of the molecule is CC(C(O)O)C1CN(C)C1. The predicted molar refractivity (Wildman–Crippen MR) is 38.4 cm³/mol. The molecule has 0 aromatic carbocycles. The van der Waals surface area contributed by atoms with Crippen molar-refractivity contribution in [1.82, 2.24) is 4.90 Å². The van der Waals surface area contributed by atoms with E-state index in [1.807, 2.05) is 14.0 Å². The molecule has 1 aliphatic heterocycles. The summed E-state index contributed by atoms with van der Waals surface area (Å²) < 4.78 is 0. The number of rotatable bonds is 2. The van der Waals surface area contributed by atoms with Crippen LogP contribution >= 0.6 is 0 Å². The number of hydrogen-bond donors (Lipinski definition) is 2. The van der Waals surface area contributed by atoms with Crippen molar-refractivity contribution in [2.45, 2.75) is 13.2 Å². The van der Waals surface area contributed by atoms with Crippen molar-refractivity contribution in [3.8, 4) is 0 Å². The van der Waals surface area contributed by atoms with Gasteiger partial charge in [-0.05, 0) is 13.0 Å². The van der Waals surface area contributed by atoms with Crippen molar-refractivity contribution in [1.29, 1.82) is 0 Å². The van der Waals surface area contributed by atoms with Gasteiger partial charge in [-0.2, -0.15) is 0 Å². The highest BCUT2D eigenvalue weighted by molar-refractivity contribution is 4.81. The predicted octanol–water partition coefficient (Wildman–Crippen LogP) is -0.505. The monoisotopic (exact) mass is 145 g/mol. The second-order valence-corrected chi connectivity index (χ2v) is 3.25. The Hall–Kier alpha value is -0.120. The first-order valence-corrected chi connectivity index (χ1v) is 3.66. The van der Waals surface area contributed by atoms with E-state index in [1.165, 1.54) is 0 Å². The molecule has 0 bridgehead atoms. The number of nitrogens with zero attached hydrogens (tertiary/aromatic N) is 1. The third kappa shape index (κ3) is 1.48. The Balaban J connectivity index is 2.24. The number of hydrogen-bond acceptors (Lipinski definition) is 3. The average Bonchev–Trinajstić information content (AvgIpc) is 1.79. The Morgan fingerprint density at radius 2 is 1.90 bits per heavy atom. The standard InChI is InChI=1S/C7H15NO2/c1-5(7(9)10)6-3-8(2)4-6/h5-7,9-10H,3-4H2,1-2H3. The van der Waals surface area contributed by atoms with Gasteiger partial charge in [-0.15, -0.1) is 0 Å². The minimum Gasteiger partial charge on any atom is -0.368 e. The minimum atomic E-state index is -1.14. The van der Waals surface area contributed by atoms with E-state index in [1.54, 1.807) is 0 Å². The highest BCUT2D eigenvalue weighted by Gasteiger charge is 2.31. The third-order valence-electron chi connectivity index (χ3n) is 2.31. The summed E-state index contributed by atoms with van der Waals surface area (Å²) in [7, 11) is 2.03. The Morgan fingerprint density at radius 3 is 2.20 bits per heavy atom. The highest BCUT2D eigenvalue weighted by Crippen LogP contribution is 2.23. The fourth-order valence-electron chi connectivity index (χ4n) is 1.32. The van der Waals surface area contributed by atoms with Crippen LogP contribution in [-0.2, 0) is 0 Å². The van der Waals surface area contributed by atoms with Crippen LogP contribution < -0.4 is 0 Å². The summed E-state index contributed by atoms with van der Waals surface area (Å²) in [5, 5.41) is 17.6. The first-order valence-electron chi connectivity index (χ1n) is 3.66. The van der Waals surface area contributed by atoms with E-state index < -0.39 is 6.29 Å². The molecule has 0 amide bonds. The topological polar surface area (TPSA) is 43.7 Å². The molecule has 3 nitrogen and oxygen atoms in total. The maximum atomic E-state index is 8.78. The molecule has 1 aliphatic rings. The smallest absolute Gasteiger partial charge is 0.154 e. The van der Waals surface area contributed by atoms with Crippen LogP contribution in [0.3, 0.4) is 0 Å². The van der Waals surface area contributed by atoms with Gasteiger partial charge in [-0.25, -0.2) is 0 Å². The van der Waals surface area contributed by atoms with Crippen molar-refractivity contribution in [2.75, 3.05) is 20.1 Å². The second-order valence-electron chi connectivity index (χ2n) is 3.25. The molecule has 0 spiro atoms. The molecule has 1 atom stereocenters. The molecule has 0 aromatic heterocycles. The Kier molecular flexibility index (Phi) is 2.28. The summed E-state index contributed by atoms with van der Waals surface area (Å²) >= 11 is 0. The van der Waals surface area contributed by atoms with Gasteiger partial charge in [-0.1, -0.05) is 6.92 Å². The molecule has 0 saturated carbocycles. The van der Waals surface area contributed by atoms with Crippen LogP contribution in [0.1, 0.15) is 6.92 Å². The van der Waals surface area contributed by atoms with Crippen LogP contribution in [0.25, 0.3) is 0 Å². The molecular formula is C7H15NO2. The molecule has 1 rings (SSSR count). The summed E-state index contributed by atoms with van der Waals surface area (Å²) in [6.45, 7) is 3.87. The first-order chi connectivity index (χ1) is 4.61. The van der Waals surface area contributed by atoms with Crippen LogP contribution in [0.15, 0.2) is 0 Å². The molecule has 10 heavy (non-hydrogen) atoms. The molecule has 3 heteroatoms. The second kappa shape index (κ2) is 2.86. The molecule has 1 unspecified atom stereocenters. The van der Waals surface area contributed by atoms with Crippen LogP contribution in [0, 0.1) is 11.8 Å². The van der Waals surface area contributed by atoms with E-state index in [9.17, 15) is 0 Å². The van der Waals surface area contributed by atoms with Crippen molar-refractivity contribution >= 4 is 0 Å². The normalized spacial score (nSPS) is 24.9. The lowest BCUT2D eigenvalue weighted by Crippen LogP contribution is -2.49. The zero-order valence-corrected chi connectivity index (χ0v) is 6.49. The van der Waals surface area contributed by atoms with Gasteiger partial charge in [0.15, 0.2) is 6.29 Å². The van der Waals surface area contributed by atoms with E-state index in [0.717, 1.165) is 13.1 Å². The molecule has 60 valence electrons. The summed E-state index contributed by atoms with van der Waals surface area (Å²) in [4.78, 5) is 2.17. The molecule has 1 saturated heterocycles. The van der Waals surface area contributed by atoms with Crippen LogP contribution in [0.4, 0.5) is 0 Å². The number of aliphatic hydroxyl groups excluding tert-OH is 1. The van der Waals surface area contributed by atoms with Crippen molar-refractivity contribution in [2.24, 2.45) is 11.8 Å². The van der Waals surface area contributed by atoms with Crippen LogP contribution in [-0.4, -0.2) is 41.5 Å². The van der Waals surface area contributed by atoms with Gasteiger partial charge in [0.05, 0.1) is 0 Å². The first kappa shape index (κ1) is 7.98. The maximum Gasteiger partial charge on any atom is 0.154 e. The fraction of sp³-hybridized carbons (Fsp3) is 1.00. The van der Waals surface area contributed by atoms with E-state index in [0.29, 0.717) is 5.92 Å². The van der Waals surface area contributed by atoms with E-state index in [4.69, 9.17) is 10.2 Å². The molecule has 0 radical (unpaired) electrons. The largest absolute Gasteiger partial charge is 0.368 e. The Morgan fingerprint density at radius 1 is 1.40 bits per heavy atom. The highest BCUT2D eigenvalue weighted by atomic mass is 16.5. The lowest BCUT2D eigenvalue weighted by Gasteiger charge is -2.40. The van der Waals surface area contributed by atoms with Crippen LogP contribution in [0.5, 0.6) is 0 Å². The summed E-state index contributed by atoms with van der Waals surface area (Å²) in [6, 6.07) is 0. The van der Waals surface area contributed by atoms with E-state index in [2.05, 4.69) is 4.90 Å². The van der Waals surface area contributed by atoms with Crippen molar-refractivity contribution in [3.63, 3.8) is 0 Å². The molecule has 1 fully saturated rings. The molecule has 0 aromatic rings. The average molecular weight is 145 g/mol. The molecule has 1 heterocycles. The van der Waals surface area contributed by atoms with Crippen molar-refractivity contribution < 1.29 is 10.2 Å². The number of aliphatic hydroxyl groups is 2. The summed E-state index contributed by atoms with van der Waals surface area (Å²) in [6.07, 6.45) is -1.14. The van der Waals surface area contributed by atoms with Gasteiger partial charge in [0, 0.05) is 19.0 Å². The number of likely N-dealkylation sites (tertiary alicyclic amines) is 1. The third-order valence-corrected chi connectivity index (χ3v) is 2.31. The fourth-order valence-corrected chi connectivity index (χ4v) is 1.32. The van der Waals surface area contributed by atoms with Gasteiger partial charge in [0.2, 0.25) is 0 Å². The van der Waals surface area contributed by atoms with Gasteiger partial charge in [0.25, 0.3) is 0 Å². The van der Waals surface area contributed by atoms with Gasteiger partial charge in [-0.3, -0.25) is 0 Å². The van der Waals surface area contributed by atoms with Gasteiger partial charge >= 0.3 is 0 Å². The van der Waals surface area contributed by atoms with E-state index in [-0.39, 0.29) is 5.92 Å². The zero-order chi connectivity index (χ0) is 7.72. The minimum absolute atomic E-state index is 0.0243. The Bertz CT molecular complexity index is 110. The quantitative estimate of drug-likeness (QED) is 0.515. The Labute approximate surface area is 61.3 Å². The molecule has 0 aliphatic carbocycles. The van der Waals surface area contributed by atoms with E-state index >= 15 is 0 Å². The lowest BCUT2D eigenvalue weighted by molar-refractivity contribution is -0.113.